The largest absolute Gasteiger partial charge is 0.383 e. The Morgan fingerprint density at radius 1 is 1.35 bits per heavy atom. The molecule has 2 unspecified atom stereocenters. The van der Waals surface area contributed by atoms with Gasteiger partial charge in [-0.05, 0) is 33.1 Å². The third-order valence-corrected chi connectivity index (χ3v) is 3.24. The molecule has 1 amide bonds. The van der Waals surface area contributed by atoms with Crippen molar-refractivity contribution in [1.29, 1.82) is 0 Å². The van der Waals surface area contributed by atoms with Gasteiger partial charge >= 0.3 is 0 Å². The quantitative estimate of drug-likeness (QED) is 0.764. The molecular formula is C12H25ClN2O2. The first-order valence-electron chi connectivity index (χ1n) is 6.17. The summed E-state index contributed by atoms with van der Waals surface area (Å²) < 4.78 is 4.92. The summed E-state index contributed by atoms with van der Waals surface area (Å²) >= 11 is 0. The molecule has 1 heterocycles. The Balaban J connectivity index is 0.00000256. The maximum absolute atomic E-state index is 12.0. The van der Waals surface area contributed by atoms with E-state index in [1.807, 2.05) is 4.90 Å². The van der Waals surface area contributed by atoms with Crippen molar-refractivity contribution in [3.8, 4) is 0 Å². The van der Waals surface area contributed by atoms with E-state index in [4.69, 9.17) is 4.74 Å². The number of amides is 1. The molecule has 1 aliphatic heterocycles. The van der Waals surface area contributed by atoms with Crippen molar-refractivity contribution in [1.82, 2.24) is 10.2 Å². The molecule has 102 valence electrons. The van der Waals surface area contributed by atoms with E-state index >= 15 is 0 Å². The summed E-state index contributed by atoms with van der Waals surface area (Å²) in [4.78, 5) is 14.0. The van der Waals surface area contributed by atoms with Gasteiger partial charge in [-0.2, -0.15) is 0 Å². The third kappa shape index (κ3) is 5.23. The molecule has 1 saturated heterocycles. The van der Waals surface area contributed by atoms with Gasteiger partial charge in [-0.25, -0.2) is 0 Å². The van der Waals surface area contributed by atoms with Crippen molar-refractivity contribution in [2.24, 2.45) is 0 Å². The number of rotatable bonds is 5. The van der Waals surface area contributed by atoms with E-state index in [9.17, 15) is 4.79 Å². The number of piperidine rings is 1. The van der Waals surface area contributed by atoms with Crippen LogP contribution in [0.2, 0.25) is 0 Å². The van der Waals surface area contributed by atoms with Gasteiger partial charge in [0.1, 0.15) is 0 Å². The highest BCUT2D eigenvalue weighted by molar-refractivity contribution is 5.85. The normalized spacial score (nSPS) is 24.3. The zero-order valence-corrected chi connectivity index (χ0v) is 11.9. The number of methoxy groups -OCH3 is 1. The fraction of sp³-hybridized carbons (Fsp3) is 0.917. The molecule has 0 spiro atoms. The van der Waals surface area contributed by atoms with Gasteiger partial charge < -0.3 is 15.0 Å². The van der Waals surface area contributed by atoms with Crippen molar-refractivity contribution < 1.29 is 9.53 Å². The first-order valence-corrected chi connectivity index (χ1v) is 6.17. The molecule has 0 aromatic heterocycles. The summed E-state index contributed by atoms with van der Waals surface area (Å²) in [5.41, 5.74) is 0. The van der Waals surface area contributed by atoms with Crippen LogP contribution in [0.1, 0.15) is 33.1 Å². The lowest BCUT2D eigenvalue weighted by molar-refractivity contribution is -0.136. The average molecular weight is 265 g/mol. The first kappa shape index (κ1) is 16.7. The van der Waals surface area contributed by atoms with E-state index < -0.39 is 0 Å². The van der Waals surface area contributed by atoms with Crippen molar-refractivity contribution in [3.05, 3.63) is 0 Å². The van der Waals surface area contributed by atoms with Gasteiger partial charge in [0, 0.05) is 25.7 Å². The van der Waals surface area contributed by atoms with E-state index in [2.05, 4.69) is 19.2 Å². The summed E-state index contributed by atoms with van der Waals surface area (Å²) in [5, 5.41) is 3.11. The molecule has 5 heteroatoms. The molecule has 1 N–H and O–H groups in total. The Bertz CT molecular complexity index is 217. The molecular weight excluding hydrogens is 240 g/mol. The lowest BCUT2D eigenvalue weighted by Gasteiger charge is -2.39. The zero-order chi connectivity index (χ0) is 12.0. The van der Waals surface area contributed by atoms with Gasteiger partial charge in [-0.15, -0.1) is 12.4 Å². The lowest BCUT2D eigenvalue weighted by Crippen LogP contribution is -2.50. The molecule has 0 aliphatic carbocycles. The second-order valence-corrected chi connectivity index (χ2v) is 4.60. The summed E-state index contributed by atoms with van der Waals surface area (Å²) in [6.07, 6.45) is 3.51. The van der Waals surface area contributed by atoms with E-state index in [0.717, 1.165) is 19.4 Å². The summed E-state index contributed by atoms with van der Waals surface area (Å²) in [6.45, 7) is 6.10. The van der Waals surface area contributed by atoms with E-state index in [0.29, 0.717) is 25.2 Å². The van der Waals surface area contributed by atoms with Gasteiger partial charge in [-0.3, -0.25) is 4.79 Å². The van der Waals surface area contributed by atoms with Crippen LogP contribution in [0.15, 0.2) is 0 Å². The topological polar surface area (TPSA) is 41.6 Å². The van der Waals surface area contributed by atoms with Crippen molar-refractivity contribution in [2.45, 2.75) is 45.2 Å². The predicted molar refractivity (Wildman–Crippen MR) is 71.6 cm³/mol. The fourth-order valence-electron chi connectivity index (χ4n) is 2.37. The number of ether oxygens (including phenoxy) is 1. The summed E-state index contributed by atoms with van der Waals surface area (Å²) in [6, 6.07) is 0.779. The van der Waals surface area contributed by atoms with Crippen molar-refractivity contribution in [2.75, 3.05) is 26.8 Å². The van der Waals surface area contributed by atoms with E-state index in [-0.39, 0.29) is 18.3 Å². The fourth-order valence-corrected chi connectivity index (χ4v) is 2.37. The molecule has 2 atom stereocenters. The second kappa shape index (κ2) is 8.72. The monoisotopic (exact) mass is 264 g/mol. The minimum atomic E-state index is 0. The van der Waals surface area contributed by atoms with Gasteiger partial charge in [0.2, 0.25) is 5.91 Å². The Kier molecular flexibility index (Phi) is 8.56. The number of nitrogens with one attached hydrogen (secondary N) is 1. The van der Waals surface area contributed by atoms with Gasteiger partial charge in [0.25, 0.3) is 0 Å². The highest BCUT2D eigenvalue weighted by Gasteiger charge is 2.28. The number of hydrogen-bond donors (Lipinski definition) is 1. The average Bonchev–Trinajstić information content (AvgIpc) is 2.24. The van der Waals surface area contributed by atoms with Crippen LogP contribution in [0.4, 0.5) is 0 Å². The Labute approximate surface area is 110 Å². The van der Waals surface area contributed by atoms with Crippen LogP contribution in [0, 0.1) is 0 Å². The Morgan fingerprint density at radius 2 is 1.94 bits per heavy atom. The number of carbonyl (C=O) groups excluding carboxylic acids is 1. The highest BCUT2D eigenvalue weighted by Crippen LogP contribution is 2.22. The van der Waals surface area contributed by atoms with Crippen LogP contribution >= 0.6 is 12.4 Å². The van der Waals surface area contributed by atoms with Crippen molar-refractivity contribution in [3.63, 3.8) is 0 Å². The molecule has 4 nitrogen and oxygen atoms in total. The molecule has 1 aliphatic rings. The number of hydrogen-bond acceptors (Lipinski definition) is 3. The minimum Gasteiger partial charge on any atom is -0.383 e. The molecule has 1 fully saturated rings. The highest BCUT2D eigenvalue weighted by atomic mass is 35.5. The van der Waals surface area contributed by atoms with Crippen LogP contribution in [0.5, 0.6) is 0 Å². The van der Waals surface area contributed by atoms with E-state index in [1.54, 1.807) is 7.11 Å². The van der Waals surface area contributed by atoms with Crippen LogP contribution in [-0.4, -0.2) is 49.7 Å². The lowest BCUT2D eigenvalue weighted by atomic mass is 9.97. The molecule has 0 bridgehead atoms. The molecule has 0 saturated carbocycles. The van der Waals surface area contributed by atoms with Crippen LogP contribution in [0.3, 0.4) is 0 Å². The molecule has 0 radical (unpaired) electrons. The third-order valence-electron chi connectivity index (χ3n) is 3.24. The van der Waals surface area contributed by atoms with Crippen LogP contribution in [-0.2, 0) is 9.53 Å². The van der Waals surface area contributed by atoms with Crippen LogP contribution in [0.25, 0.3) is 0 Å². The zero-order valence-electron chi connectivity index (χ0n) is 11.1. The van der Waals surface area contributed by atoms with Gasteiger partial charge in [-0.1, -0.05) is 0 Å². The molecule has 1 rings (SSSR count). The number of halogens is 1. The second-order valence-electron chi connectivity index (χ2n) is 4.60. The number of carbonyl (C=O) groups is 1. The SMILES string of the molecule is COCCNCC(=O)N1C(C)CCCC1C.Cl. The van der Waals surface area contributed by atoms with Gasteiger partial charge in [0.15, 0.2) is 0 Å². The first-order chi connectivity index (χ1) is 7.66. The summed E-state index contributed by atoms with van der Waals surface area (Å²) in [5.74, 6) is 0.218. The molecule has 17 heavy (non-hydrogen) atoms. The standard InChI is InChI=1S/C12H24N2O2.ClH/c1-10-5-4-6-11(2)14(10)12(15)9-13-7-8-16-3;/h10-11,13H,4-9H2,1-3H3;1H. The van der Waals surface area contributed by atoms with Crippen LogP contribution < -0.4 is 5.32 Å². The smallest absolute Gasteiger partial charge is 0.237 e. The van der Waals surface area contributed by atoms with E-state index in [1.165, 1.54) is 6.42 Å². The van der Waals surface area contributed by atoms with Crippen molar-refractivity contribution >= 4 is 18.3 Å². The summed E-state index contributed by atoms with van der Waals surface area (Å²) in [7, 11) is 1.66. The predicted octanol–water partition coefficient (Wildman–Crippen LogP) is 1.43. The number of nitrogens with zero attached hydrogens (tertiary/aromatic N) is 1. The number of likely N-dealkylation sites (tertiary alicyclic amines) is 1. The Hall–Kier alpha value is -0.320. The molecule has 0 aromatic carbocycles. The van der Waals surface area contributed by atoms with Gasteiger partial charge in [0.05, 0.1) is 13.2 Å². The Morgan fingerprint density at radius 3 is 2.47 bits per heavy atom. The maximum atomic E-state index is 12.0. The molecule has 0 aromatic rings. The maximum Gasteiger partial charge on any atom is 0.237 e. The minimum absolute atomic E-state index is 0.